The van der Waals surface area contributed by atoms with Crippen molar-refractivity contribution in [3.05, 3.63) is 35.4 Å². The van der Waals surface area contributed by atoms with Crippen LogP contribution in [0.15, 0.2) is 22.7 Å². The van der Waals surface area contributed by atoms with Crippen molar-refractivity contribution >= 4 is 11.0 Å². The summed E-state index contributed by atoms with van der Waals surface area (Å²) in [7, 11) is 1.62. The van der Waals surface area contributed by atoms with Crippen LogP contribution in [-0.2, 0) is 10.3 Å². The second-order valence-corrected chi connectivity index (χ2v) is 5.74. The van der Waals surface area contributed by atoms with Crippen LogP contribution in [-0.4, -0.2) is 27.2 Å². The topological polar surface area (TPSA) is 73.9 Å². The largest absolute Gasteiger partial charge is 0.371 e. The van der Waals surface area contributed by atoms with Crippen LogP contribution < -0.4 is 0 Å². The molecule has 6 nitrogen and oxygen atoms in total. The van der Waals surface area contributed by atoms with Crippen LogP contribution in [0, 0.1) is 13.8 Å². The zero-order chi connectivity index (χ0) is 15.9. The highest BCUT2D eigenvalue weighted by Crippen LogP contribution is 2.26. The Morgan fingerprint density at radius 1 is 1.00 bits per heavy atom. The van der Waals surface area contributed by atoms with Gasteiger partial charge in [0.15, 0.2) is 0 Å². The van der Waals surface area contributed by atoms with E-state index in [2.05, 4.69) is 20.1 Å². The molecule has 0 aliphatic rings. The van der Waals surface area contributed by atoms with E-state index in [-0.39, 0.29) is 0 Å². The summed E-state index contributed by atoms with van der Waals surface area (Å²) >= 11 is 0. The molecular weight excluding hydrogens is 280 g/mol. The van der Waals surface area contributed by atoms with Gasteiger partial charge in [-0.2, -0.15) is 4.98 Å². The zero-order valence-corrected chi connectivity index (χ0v) is 13.3. The minimum absolute atomic E-state index is 0.446. The molecule has 0 fully saturated rings. The van der Waals surface area contributed by atoms with Crippen molar-refractivity contribution in [1.82, 2.24) is 20.1 Å². The van der Waals surface area contributed by atoms with E-state index in [9.17, 15) is 0 Å². The van der Waals surface area contributed by atoms with Gasteiger partial charge in [0.05, 0.1) is 22.4 Å². The smallest absolute Gasteiger partial charge is 0.258 e. The van der Waals surface area contributed by atoms with Crippen LogP contribution in [0.5, 0.6) is 0 Å². The summed E-state index contributed by atoms with van der Waals surface area (Å²) in [6.07, 6.45) is 0. The van der Waals surface area contributed by atoms with E-state index in [1.807, 2.05) is 45.9 Å². The van der Waals surface area contributed by atoms with Gasteiger partial charge in [0.2, 0.25) is 5.82 Å². The maximum Gasteiger partial charge on any atom is 0.258 e. The quantitative estimate of drug-likeness (QED) is 0.739. The number of hydrogen-bond acceptors (Lipinski definition) is 6. The maximum atomic E-state index is 5.36. The normalized spacial score (nSPS) is 12.0. The number of methoxy groups -OCH3 is 1. The van der Waals surface area contributed by atoms with Crippen molar-refractivity contribution in [1.29, 1.82) is 0 Å². The molecule has 0 spiro atoms. The van der Waals surface area contributed by atoms with Crippen molar-refractivity contribution in [2.45, 2.75) is 33.3 Å². The van der Waals surface area contributed by atoms with Gasteiger partial charge in [0.25, 0.3) is 5.89 Å². The first kappa shape index (κ1) is 14.6. The van der Waals surface area contributed by atoms with E-state index in [4.69, 9.17) is 9.26 Å². The summed E-state index contributed by atoms with van der Waals surface area (Å²) < 4.78 is 10.7. The maximum absolute atomic E-state index is 5.36. The summed E-state index contributed by atoms with van der Waals surface area (Å²) in [6.45, 7) is 7.67. The molecule has 3 rings (SSSR count). The third kappa shape index (κ3) is 2.46. The summed E-state index contributed by atoms with van der Waals surface area (Å²) in [5.74, 6) is 0.957. The van der Waals surface area contributed by atoms with Gasteiger partial charge in [-0.05, 0) is 45.9 Å². The van der Waals surface area contributed by atoms with Crippen LogP contribution in [0.3, 0.4) is 0 Å². The number of benzene rings is 1. The first-order chi connectivity index (χ1) is 10.4. The Balaban J connectivity index is 2.05. The van der Waals surface area contributed by atoms with E-state index >= 15 is 0 Å². The van der Waals surface area contributed by atoms with Gasteiger partial charge in [-0.15, -0.1) is 0 Å². The lowest BCUT2D eigenvalue weighted by atomic mass is 10.1. The minimum Gasteiger partial charge on any atom is -0.371 e. The van der Waals surface area contributed by atoms with Crippen molar-refractivity contribution in [2.75, 3.05) is 7.11 Å². The van der Waals surface area contributed by atoms with E-state index in [0.717, 1.165) is 28.0 Å². The molecule has 0 aliphatic carbocycles. The fourth-order valence-corrected chi connectivity index (χ4v) is 2.04. The van der Waals surface area contributed by atoms with Crippen molar-refractivity contribution in [2.24, 2.45) is 0 Å². The molecule has 0 radical (unpaired) electrons. The van der Waals surface area contributed by atoms with Gasteiger partial charge in [0.1, 0.15) is 5.60 Å². The van der Waals surface area contributed by atoms with Gasteiger partial charge < -0.3 is 9.26 Å². The lowest BCUT2D eigenvalue weighted by molar-refractivity contribution is 0.00973. The number of aryl methyl sites for hydroxylation is 2. The monoisotopic (exact) mass is 298 g/mol. The summed E-state index contributed by atoms with van der Waals surface area (Å²) in [4.78, 5) is 13.5. The van der Waals surface area contributed by atoms with Crippen molar-refractivity contribution in [3.63, 3.8) is 0 Å². The van der Waals surface area contributed by atoms with Crippen LogP contribution in [0.4, 0.5) is 0 Å². The standard InChI is InChI=1S/C16H18N4O2/c1-9-10(2)18-13-8-11(6-7-12(13)17-9)14-19-15(20-22-14)16(3,4)21-5/h6-8H,1-5H3. The highest BCUT2D eigenvalue weighted by molar-refractivity contribution is 5.79. The minimum atomic E-state index is -0.591. The second kappa shape index (κ2) is 5.14. The first-order valence-electron chi connectivity index (χ1n) is 7.05. The number of hydrogen-bond donors (Lipinski definition) is 0. The Bertz CT molecular complexity index is 839. The predicted octanol–water partition coefficient (Wildman–Crippen LogP) is 3.18. The van der Waals surface area contributed by atoms with Gasteiger partial charge in [-0.1, -0.05) is 5.16 Å². The Morgan fingerprint density at radius 2 is 1.68 bits per heavy atom. The molecule has 0 saturated heterocycles. The van der Waals surface area contributed by atoms with Crippen LogP contribution in [0.2, 0.25) is 0 Å². The predicted molar refractivity (Wildman–Crippen MR) is 82.3 cm³/mol. The summed E-state index contributed by atoms with van der Waals surface area (Å²) in [6, 6.07) is 5.73. The molecule has 0 N–H and O–H groups in total. The molecule has 2 heterocycles. The molecule has 1 aromatic carbocycles. The molecule has 0 atom stereocenters. The lowest BCUT2D eigenvalue weighted by Gasteiger charge is -2.17. The Morgan fingerprint density at radius 3 is 2.36 bits per heavy atom. The number of rotatable bonds is 3. The first-order valence-corrected chi connectivity index (χ1v) is 7.05. The molecule has 2 aromatic heterocycles. The molecule has 0 aliphatic heterocycles. The molecule has 0 saturated carbocycles. The van der Waals surface area contributed by atoms with Crippen molar-refractivity contribution in [3.8, 4) is 11.5 Å². The van der Waals surface area contributed by atoms with Crippen molar-refractivity contribution < 1.29 is 9.26 Å². The summed E-state index contributed by atoms with van der Waals surface area (Å²) in [5.41, 5.74) is 3.73. The highest BCUT2D eigenvalue weighted by atomic mass is 16.5. The van der Waals surface area contributed by atoms with E-state index < -0.39 is 5.60 Å². The molecule has 3 aromatic rings. The Labute approximate surface area is 128 Å². The number of fused-ring (bicyclic) bond motifs is 1. The highest BCUT2D eigenvalue weighted by Gasteiger charge is 2.26. The third-order valence-corrected chi connectivity index (χ3v) is 3.80. The number of aromatic nitrogens is 4. The van der Waals surface area contributed by atoms with E-state index in [1.165, 1.54) is 0 Å². The fraction of sp³-hybridized carbons (Fsp3) is 0.375. The van der Waals surface area contributed by atoms with Gasteiger partial charge in [-0.3, -0.25) is 0 Å². The lowest BCUT2D eigenvalue weighted by Crippen LogP contribution is -2.21. The molecule has 0 amide bonds. The SMILES string of the molecule is COC(C)(C)c1noc(-c2ccc3nc(C)c(C)nc3c2)n1. The molecule has 0 bridgehead atoms. The van der Waals surface area contributed by atoms with Gasteiger partial charge in [0, 0.05) is 12.7 Å². The third-order valence-electron chi connectivity index (χ3n) is 3.80. The van der Waals surface area contributed by atoms with E-state index in [0.29, 0.717) is 11.7 Å². The van der Waals surface area contributed by atoms with Gasteiger partial charge >= 0.3 is 0 Å². The van der Waals surface area contributed by atoms with Crippen LogP contribution in [0.25, 0.3) is 22.5 Å². The molecule has 114 valence electrons. The zero-order valence-electron chi connectivity index (χ0n) is 13.3. The van der Waals surface area contributed by atoms with E-state index in [1.54, 1.807) is 7.11 Å². The molecule has 0 unspecified atom stereocenters. The molecular formula is C16H18N4O2. The Kier molecular flexibility index (Phi) is 3.41. The van der Waals surface area contributed by atoms with Gasteiger partial charge in [-0.25, -0.2) is 9.97 Å². The average molecular weight is 298 g/mol. The van der Waals surface area contributed by atoms with Crippen LogP contribution >= 0.6 is 0 Å². The average Bonchev–Trinajstić information content (AvgIpc) is 2.99. The van der Waals surface area contributed by atoms with Crippen LogP contribution in [0.1, 0.15) is 31.1 Å². The summed E-state index contributed by atoms with van der Waals surface area (Å²) in [5, 5.41) is 4.00. The number of nitrogens with zero attached hydrogens (tertiary/aromatic N) is 4. The second-order valence-electron chi connectivity index (χ2n) is 5.74. The number of ether oxygens (including phenoxy) is 1. The fourth-order valence-electron chi connectivity index (χ4n) is 2.04. The molecule has 22 heavy (non-hydrogen) atoms. The molecule has 6 heteroatoms. The Hall–Kier alpha value is -2.34.